The first-order valence-corrected chi connectivity index (χ1v) is 12.5. The monoisotopic (exact) mass is 470 g/mol. The topological polar surface area (TPSA) is 100 Å². The third-order valence-corrected chi connectivity index (χ3v) is 7.59. The van der Waals surface area contributed by atoms with Crippen molar-refractivity contribution in [1.82, 2.24) is 24.4 Å². The van der Waals surface area contributed by atoms with Crippen LogP contribution >= 0.6 is 0 Å². The number of benzene rings is 2. The smallest absolute Gasteiger partial charge is 0.280 e. The summed E-state index contributed by atoms with van der Waals surface area (Å²) < 4.78 is 1.15. The van der Waals surface area contributed by atoms with E-state index in [2.05, 4.69) is 14.9 Å². The first kappa shape index (κ1) is 21.9. The van der Waals surface area contributed by atoms with Crippen molar-refractivity contribution in [2.45, 2.75) is 38.1 Å². The zero-order valence-electron chi connectivity index (χ0n) is 19.7. The Morgan fingerprint density at radius 3 is 2.54 bits per heavy atom. The highest BCUT2D eigenvalue weighted by Crippen LogP contribution is 2.25. The SMILES string of the molecule is Nn1c(=O)c(-c2nc3ccc(C(=O)N4CCC(N5CCCCC5)CC4)cc3[nH]2)cc2ccccc21. The Morgan fingerprint density at radius 2 is 1.74 bits per heavy atom. The molecule has 4 heterocycles. The number of amides is 1. The van der Waals surface area contributed by atoms with Gasteiger partial charge in [0.05, 0.1) is 22.1 Å². The van der Waals surface area contributed by atoms with E-state index in [0.717, 1.165) is 41.5 Å². The standard InChI is InChI=1S/C27H30N6O2/c28-33-24-7-3-2-6-18(24)16-21(27(33)35)25-29-22-9-8-19(17-23(22)30-25)26(34)32-14-10-20(11-15-32)31-12-4-1-5-13-31/h2-3,6-9,16-17,20H,1,4-5,10-15,28H2,(H,29,30). The molecular formula is C27H30N6O2. The molecule has 0 atom stereocenters. The molecule has 0 spiro atoms. The minimum absolute atomic E-state index is 0.0511. The molecule has 8 nitrogen and oxygen atoms in total. The van der Waals surface area contributed by atoms with Crippen molar-refractivity contribution < 1.29 is 4.79 Å². The van der Waals surface area contributed by atoms with E-state index in [4.69, 9.17) is 5.84 Å². The van der Waals surface area contributed by atoms with Crippen LogP contribution in [0.5, 0.6) is 0 Å². The predicted molar refractivity (Wildman–Crippen MR) is 138 cm³/mol. The molecule has 2 saturated heterocycles. The molecule has 2 aromatic heterocycles. The van der Waals surface area contributed by atoms with Gasteiger partial charge in [0.25, 0.3) is 11.5 Å². The maximum Gasteiger partial charge on any atom is 0.280 e. The molecule has 0 bridgehead atoms. The Hall–Kier alpha value is -3.65. The fourth-order valence-corrected chi connectivity index (χ4v) is 5.63. The molecule has 2 aliphatic heterocycles. The zero-order chi connectivity index (χ0) is 23.9. The number of hydrogen-bond donors (Lipinski definition) is 2. The second-order valence-corrected chi connectivity index (χ2v) is 9.73. The number of carbonyl (C=O) groups excluding carboxylic acids is 1. The Bertz CT molecular complexity index is 1460. The molecule has 0 unspecified atom stereocenters. The number of para-hydroxylation sites is 1. The minimum Gasteiger partial charge on any atom is -0.339 e. The second kappa shape index (κ2) is 8.85. The number of nitrogens with one attached hydrogen (secondary N) is 1. The van der Waals surface area contributed by atoms with Crippen molar-refractivity contribution in [2.75, 3.05) is 32.0 Å². The van der Waals surface area contributed by atoms with Crippen molar-refractivity contribution in [2.24, 2.45) is 0 Å². The number of H-pyrrole nitrogens is 1. The van der Waals surface area contributed by atoms with Crippen LogP contribution in [0.25, 0.3) is 33.3 Å². The number of nitrogens with two attached hydrogens (primary N) is 1. The zero-order valence-corrected chi connectivity index (χ0v) is 19.7. The van der Waals surface area contributed by atoms with E-state index in [1.807, 2.05) is 47.4 Å². The van der Waals surface area contributed by atoms with Crippen molar-refractivity contribution in [3.05, 3.63) is 64.4 Å². The van der Waals surface area contributed by atoms with E-state index < -0.39 is 0 Å². The first-order chi connectivity index (χ1) is 17.1. The highest BCUT2D eigenvalue weighted by molar-refractivity contribution is 5.98. The Morgan fingerprint density at radius 1 is 0.971 bits per heavy atom. The van der Waals surface area contributed by atoms with E-state index >= 15 is 0 Å². The lowest BCUT2D eigenvalue weighted by molar-refractivity contribution is 0.0590. The molecule has 1 amide bonds. The third-order valence-electron chi connectivity index (χ3n) is 7.59. The number of piperidine rings is 2. The number of nitrogen functional groups attached to an aromatic ring is 1. The molecule has 180 valence electrons. The third kappa shape index (κ3) is 3.97. The van der Waals surface area contributed by atoms with E-state index in [1.165, 1.54) is 32.4 Å². The summed E-state index contributed by atoms with van der Waals surface area (Å²) in [5, 5.41) is 0.855. The molecule has 35 heavy (non-hydrogen) atoms. The Labute approximate surface area is 203 Å². The van der Waals surface area contributed by atoms with Crippen LogP contribution in [0.4, 0.5) is 0 Å². The fourth-order valence-electron chi connectivity index (χ4n) is 5.63. The van der Waals surface area contributed by atoms with Gasteiger partial charge in [-0.3, -0.25) is 9.59 Å². The van der Waals surface area contributed by atoms with E-state index in [1.54, 1.807) is 6.07 Å². The van der Waals surface area contributed by atoms with Gasteiger partial charge < -0.3 is 20.6 Å². The summed E-state index contributed by atoms with van der Waals surface area (Å²) in [5.74, 6) is 6.56. The number of fused-ring (bicyclic) bond motifs is 2. The molecule has 0 saturated carbocycles. The molecule has 3 N–H and O–H groups in total. The molecule has 2 fully saturated rings. The first-order valence-electron chi connectivity index (χ1n) is 12.5. The molecule has 2 aromatic carbocycles. The van der Waals surface area contributed by atoms with Gasteiger partial charge in [-0.05, 0) is 69.1 Å². The van der Waals surface area contributed by atoms with Crippen molar-refractivity contribution in [3.63, 3.8) is 0 Å². The molecule has 2 aliphatic rings. The van der Waals surface area contributed by atoms with Crippen molar-refractivity contribution in [3.8, 4) is 11.4 Å². The van der Waals surface area contributed by atoms with Gasteiger partial charge in [-0.25, -0.2) is 9.66 Å². The summed E-state index contributed by atoms with van der Waals surface area (Å²) in [7, 11) is 0. The summed E-state index contributed by atoms with van der Waals surface area (Å²) in [6, 6.07) is 15.4. The molecule has 6 rings (SSSR count). The van der Waals surface area contributed by atoms with Gasteiger partial charge >= 0.3 is 0 Å². The van der Waals surface area contributed by atoms with E-state index in [9.17, 15) is 9.59 Å². The number of aromatic amines is 1. The summed E-state index contributed by atoms with van der Waals surface area (Å²) in [4.78, 5) is 38.6. The van der Waals surface area contributed by atoms with Crippen LogP contribution in [0.2, 0.25) is 0 Å². The summed E-state index contributed by atoms with van der Waals surface area (Å²) in [5.41, 5.74) is 2.81. The highest BCUT2D eigenvalue weighted by atomic mass is 16.2. The number of likely N-dealkylation sites (tertiary alicyclic amines) is 2. The van der Waals surface area contributed by atoms with Crippen LogP contribution in [0.3, 0.4) is 0 Å². The number of imidazole rings is 1. The maximum absolute atomic E-state index is 13.3. The van der Waals surface area contributed by atoms with Crippen molar-refractivity contribution >= 4 is 27.8 Å². The molecule has 8 heteroatoms. The lowest BCUT2D eigenvalue weighted by Gasteiger charge is -2.40. The maximum atomic E-state index is 13.3. The average molecular weight is 471 g/mol. The molecule has 0 aliphatic carbocycles. The average Bonchev–Trinajstić information content (AvgIpc) is 3.34. The summed E-state index contributed by atoms with van der Waals surface area (Å²) >= 11 is 0. The van der Waals surface area contributed by atoms with E-state index in [0.29, 0.717) is 34.0 Å². The van der Waals surface area contributed by atoms with Gasteiger partial charge in [0.15, 0.2) is 0 Å². The van der Waals surface area contributed by atoms with Gasteiger partial charge in [0.2, 0.25) is 0 Å². The quantitative estimate of drug-likeness (QED) is 0.447. The number of nitrogens with zero attached hydrogens (tertiary/aromatic N) is 4. The molecule has 4 aromatic rings. The molecular weight excluding hydrogens is 440 g/mol. The van der Waals surface area contributed by atoms with Gasteiger partial charge in [-0.1, -0.05) is 24.6 Å². The second-order valence-electron chi connectivity index (χ2n) is 9.73. The number of hydrogen-bond acceptors (Lipinski definition) is 5. The van der Waals surface area contributed by atoms with Gasteiger partial charge in [0.1, 0.15) is 5.82 Å². The van der Waals surface area contributed by atoms with Crippen LogP contribution < -0.4 is 11.4 Å². The van der Waals surface area contributed by atoms with E-state index in [-0.39, 0.29) is 11.5 Å². The van der Waals surface area contributed by atoms with Crippen LogP contribution in [0.1, 0.15) is 42.5 Å². The number of aromatic nitrogens is 3. The summed E-state index contributed by atoms with van der Waals surface area (Å²) in [6.07, 6.45) is 6.01. The van der Waals surface area contributed by atoms with Crippen molar-refractivity contribution in [1.29, 1.82) is 0 Å². The highest BCUT2D eigenvalue weighted by Gasteiger charge is 2.28. The van der Waals surface area contributed by atoms with Gasteiger partial charge in [0, 0.05) is 30.1 Å². The summed E-state index contributed by atoms with van der Waals surface area (Å²) in [6.45, 7) is 3.98. The Balaban J connectivity index is 1.23. The normalized spacial score (nSPS) is 17.9. The fraction of sp³-hybridized carbons (Fsp3) is 0.370. The number of carbonyl (C=O) groups is 1. The molecule has 0 radical (unpaired) electrons. The minimum atomic E-state index is -0.323. The lowest BCUT2D eigenvalue weighted by atomic mass is 9.99. The van der Waals surface area contributed by atoms with Gasteiger partial charge in [-0.15, -0.1) is 0 Å². The lowest BCUT2D eigenvalue weighted by Crippen LogP contribution is -2.48. The largest absolute Gasteiger partial charge is 0.339 e. The number of rotatable bonds is 3. The van der Waals surface area contributed by atoms with Crippen LogP contribution in [0, 0.1) is 0 Å². The van der Waals surface area contributed by atoms with Crippen LogP contribution in [0.15, 0.2) is 53.3 Å². The number of pyridine rings is 1. The Kier molecular flexibility index (Phi) is 5.53. The predicted octanol–water partition coefficient (Wildman–Crippen LogP) is 3.35. The van der Waals surface area contributed by atoms with Crippen LogP contribution in [-0.2, 0) is 0 Å². The van der Waals surface area contributed by atoms with Gasteiger partial charge in [-0.2, -0.15) is 0 Å². The van der Waals surface area contributed by atoms with Crippen LogP contribution in [-0.4, -0.2) is 62.6 Å².